The maximum atomic E-state index is 12.2. The van der Waals surface area contributed by atoms with Gasteiger partial charge in [0.15, 0.2) is 0 Å². The van der Waals surface area contributed by atoms with Gasteiger partial charge in [0.05, 0.1) is 13.5 Å². The van der Waals surface area contributed by atoms with E-state index in [4.69, 9.17) is 16.3 Å². The first-order chi connectivity index (χ1) is 9.10. The van der Waals surface area contributed by atoms with Gasteiger partial charge in [-0.15, -0.1) is 11.6 Å². The summed E-state index contributed by atoms with van der Waals surface area (Å²) in [5.41, 5.74) is 1.02. The predicted octanol–water partition coefficient (Wildman–Crippen LogP) is 2.71. The van der Waals surface area contributed by atoms with E-state index in [-0.39, 0.29) is 11.3 Å². The molecule has 2 atom stereocenters. The molecule has 0 aliphatic carbocycles. The molecule has 19 heavy (non-hydrogen) atoms. The second-order valence-electron chi connectivity index (χ2n) is 5.15. The standard InChI is InChI=1S/C15H20ClNO2/c1-11-10-17(8-7-14(11)16)15(18)9-12-3-5-13(19-2)6-4-12/h3-6,11,14H,7-10H2,1-2H3. The summed E-state index contributed by atoms with van der Waals surface area (Å²) in [6.07, 6.45) is 1.33. The number of ether oxygens (including phenoxy) is 1. The average Bonchev–Trinajstić information content (AvgIpc) is 2.42. The lowest BCUT2D eigenvalue weighted by Crippen LogP contribution is -2.44. The molecule has 0 bridgehead atoms. The highest BCUT2D eigenvalue weighted by Gasteiger charge is 2.26. The van der Waals surface area contributed by atoms with E-state index in [1.807, 2.05) is 29.2 Å². The van der Waals surface area contributed by atoms with E-state index in [0.29, 0.717) is 12.3 Å². The summed E-state index contributed by atoms with van der Waals surface area (Å²) in [5, 5.41) is 0.199. The minimum absolute atomic E-state index is 0.181. The molecule has 2 unspecified atom stereocenters. The molecular weight excluding hydrogens is 262 g/mol. The summed E-state index contributed by atoms with van der Waals surface area (Å²) >= 11 is 6.18. The van der Waals surface area contributed by atoms with Crippen LogP contribution in [0.4, 0.5) is 0 Å². The van der Waals surface area contributed by atoms with Crippen molar-refractivity contribution in [2.24, 2.45) is 5.92 Å². The Morgan fingerprint density at radius 3 is 2.68 bits per heavy atom. The minimum Gasteiger partial charge on any atom is -0.497 e. The summed E-state index contributed by atoms with van der Waals surface area (Å²) in [5.74, 6) is 1.36. The topological polar surface area (TPSA) is 29.5 Å². The van der Waals surface area contributed by atoms with Gasteiger partial charge in [0.2, 0.25) is 5.91 Å². The number of alkyl halides is 1. The van der Waals surface area contributed by atoms with Gasteiger partial charge in [-0.2, -0.15) is 0 Å². The zero-order valence-corrected chi connectivity index (χ0v) is 12.2. The first-order valence-electron chi connectivity index (χ1n) is 6.65. The van der Waals surface area contributed by atoms with Gasteiger partial charge < -0.3 is 9.64 Å². The van der Waals surface area contributed by atoms with Crippen molar-refractivity contribution >= 4 is 17.5 Å². The number of hydrogen-bond acceptors (Lipinski definition) is 2. The van der Waals surface area contributed by atoms with Crippen molar-refractivity contribution in [1.29, 1.82) is 0 Å². The second-order valence-corrected chi connectivity index (χ2v) is 5.71. The third-order valence-corrected chi connectivity index (χ3v) is 4.32. The van der Waals surface area contributed by atoms with Crippen molar-refractivity contribution in [3.8, 4) is 5.75 Å². The van der Waals surface area contributed by atoms with Crippen LogP contribution < -0.4 is 4.74 Å². The highest BCUT2D eigenvalue weighted by atomic mass is 35.5. The maximum absolute atomic E-state index is 12.2. The molecule has 1 heterocycles. The molecule has 104 valence electrons. The Morgan fingerprint density at radius 2 is 2.11 bits per heavy atom. The lowest BCUT2D eigenvalue weighted by molar-refractivity contribution is -0.132. The second kappa shape index (κ2) is 6.29. The van der Waals surface area contributed by atoms with Crippen LogP contribution in [0.25, 0.3) is 0 Å². The van der Waals surface area contributed by atoms with Gasteiger partial charge in [-0.25, -0.2) is 0 Å². The Balaban J connectivity index is 1.93. The normalized spacial score (nSPS) is 23.2. The highest BCUT2D eigenvalue weighted by molar-refractivity contribution is 6.20. The quantitative estimate of drug-likeness (QED) is 0.798. The Bertz CT molecular complexity index is 432. The number of rotatable bonds is 3. The molecule has 0 radical (unpaired) electrons. The molecule has 1 fully saturated rings. The number of piperidine rings is 1. The van der Waals surface area contributed by atoms with E-state index in [0.717, 1.165) is 30.8 Å². The number of nitrogens with zero attached hydrogens (tertiary/aromatic N) is 1. The summed E-state index contributed by atoms with van der Waals surface area (Å²) in [7, 11) is 1.64. The van der Waals surface area contributed by atoms with Crippen LogP contribution >= 0.6 is 11.6 Å². The summed E-state index contributed by atoms with van der Waals surface area (Å²) in [6, 6.07) is 7.65. The molecule has 3 nitrogen and oxygen atoms in total. The molecule has 0 aromatic heterocycles. The molecule has 1 aliphatic heterocycles. The maximum Gasteiger partial charge on any atom is 0.227 e. The number of hydrogen-bond donors (Lipinski definition) is 0. The van der Waals surface area contributed by atoms with E-state index in [2.05, 4.69) is 6.92 Å². The molecule has 1 aromatic carbocycles. The minimum atomic E-state index is 0.181. The average molecular weight is 282 g/mol. The van der Waals surface area contributed by atoms with Crippen LogP contribution in [-0.2, 0) is 11.2 Å². The first kappa shape index (κ1) is 14.2. The number of carbonyl (C=O) groups is 1. The fourth-order valence-corrected chi connectivity index (χ4v) is 2.55. The number of halogens is 1. The van der Waals surface area contributed by atoms with Gasteiger partial charge in [0, 0.05) is 18.5 Å². The van der Waals surface area contributed by atoms with Crippen LogP contribution in [0.5, 0.6) is 5.75 Å². The highest BCUT2D eigenvalue weighted by Crippen LogP contribution is 2.22. The van der Waals surface area contributed by atoms with Gasteiger partial charge in [-0.05, 0) is 30.0 Å². The monoisotopic (exact) mass is 281 g/mol. The molecular formula is C15H20ClNO2. The van der Waals surface area contributed by atoms with E-state index in [1.165, 1.54) is 0 Å². The number of carbonyl (C=O) groups excluding carboxylic acids is 1. The Kier molecular flexibility index (Phi) is 4.70. The van der Waals surface area contributed by atoms with E-state index in [9.17, 15) is 4.79 Å². The largest absolute Gasteiger partial charge is 0.497 e. The van der Waals surface area contributed by atoms with Crippen molar-refractivity contribution in [2.75, 3.05) is 20.2 Å². The van der Waals surface area contributed by atoms with Crippen molar-refractivity contribution in [3.63, 3.8) is 0 Å². The van der Waals surface area contributed by atoms with Crippen molar-refractivity contribution in [2.45, 2.75) is 25.1 Å². The van der Waals surface area contributed by atoms with Crippen molar-refractivity contribution in [3.05, 3.63) is 29.8 Å². The zero-order chi connectivity index (χ0) is 13.8. The molecule has 1 aliphatic rings. The smallest absolute Gasteiger partial charge is 0.227 e. The molecule has 0 spiro atoms. The number of likely N-dealkylation sites (tertiary alicyclic amines) is 1. The Labute approximate surface area is 119 Å². The van der Waals surface area contributed by atoms with Crippen LogP contribution in [-0.4, -0.2) is 36.4 Å². The van der Waals surface area contributed by atoms with Crippen LogP contribution in [0.15, 0.2) is 24.3 Å². The first-order valence-corrected chi connectivity index (χ1v) is 7.08. The molecule has 0 saturated carbocycles. The third kappa shape index (κ3) is 3.63. The van der Waals surface area contributed by atoms with E-state index >= 15 is 0 Å². The van der Waals surface area contributed by atoms with Crippen molar-refractivity contribution in [1.82, 2.24) is 4.90 Å². The third-order valence-electron chi connectivity index (χ3n) is 3.67. The Morgan fingerprint density at radius 1 is 1.42 bits per heavy atom. The fourth-order valence-electron chi connectivity index (χ4n) is 2.37. The molecule has 4 heteroatoms. The van der Waals surface area contributed by atoms with Crippen LogP contribution in [0.2, 0.25) is 0 Å². The summed E-state index contributed by atoms with van der Waals surface area (Å²) < 4.78 is 5.11. The SMILES string of the molecule is COc1ccc(CC(=O)N2CCC(Cl)C(C)C2)cc1. The molecule has 1 saturated heterocycles. The van der Waals surface area contributed by atoms with Gasteiger partial charge in [0.1, 0.15) is 5.75 Å². The Hall–Kier alpha value is -1.22. The van der Waals surface area contributed by atoms with Crippen LogP contribution in [0.1, 0.15) is 18.9 Å². The number of amides is 1. The molecule has 1 amide bonds. The lowest BCUT2D eigenvalue weighted by atomic mass is 9.99. The summed E-state index contributed by atoms with van der Waals surface area (Å²) in [6.45, 7) is 3.64. The van der Waals surface area contributed by atoms with E-state index in [1.54, 1.807) is 7.11 Å². The van der Waals surface area contributed by atoms with E-state index < -0.39 is 0 Å². The number of benzene rings is 1. The fraction of sp³-hybridized carbons (Fsp3) is 0.533. The lowest BCUT2D eigenvalue weighted by Gasteiger charge is -2.34. The van der Waals surface area contributed by atoms with Crippen LogP contribution in [0.3, 0.4) is 0 Å². The summed E-state index contributed by atoms with van der Waals surface area (Å²) in [4.78, 5) is 14.2. The van der Waals surface area contributed by atoms with Crippen molar-refractivity contribution < 1.29 is 9.53 Å². The molecule has 0 N–H and O–H groups in total. The predicted molar refractivity (Wildman–Crippen MR) is 76.7 cm³/mol. The van der Waals surface area contributed by atoms with Gasteiger partial charge in [-0.1, -0.05) is 19.1 Å². The number of methoxy groups -OCH3 is 1. The van der Waals surface area contributed by atoms with Gasteiger partial charge in [-0.3, -0.25) is 4.79 Å². The zero-order valence-electron chi connectivity index (χ0n) is 11.4. The van der Waals surface area contributed by atoms with Gasteiger partial charge >= 0.3 is 0 Å². The van der Waals surface area contributed by atoms with Crippen LogP contribution in [0, 0.1) is 5.92 Å². The van der Waals surface area contributed by atoms with Gasteiger partial charge in [0.25, 0.3) is 0 Å². The molecule has 1 aromatic rings. The molecule has 2 rings (SSSR count).